The van der Waals surface area contributed by atoms with E-state index in [1.807, 2.05) is 5.38 Å². The third kappa shape index (κ3) is 3.51. The van der Waals surface area contributed by atoms with Gasteiger partial charge in [0.25, 0.3) is 5.91 Å². The quantitative estimate of drug-likeness (QED) is 0.899. The van der Waals surface area contributed by atoms with Crippen molar-refractivity contribution in [3.8, 4) is 0 Å². The summed E-state index contributed by atoms with van der Waals surface area (Å²) in [6.07, 6.45) is 5.86. The van der Waals surface area contributed by atoms with Crippen LogP contribution in [0.25, 0.3) is 0 Å². The number of hydrogen-bond donors (Lipinski definition) is 2. The largest absolute Gasteiger partial charge is 0.348 e. The number of nitrogens with one attached hydrogen (secondary N) is 2. The summed E-state index contributed by atoms with van der Waals surface area (Å²) in [4.78, 5) is 17.1. The van der Waals surface area contributed by atoms with Crippen LogP contribution in [0.3, 0.4) is 0 Å². The Morgan fingerprint density at radius 1 is 1.27 bits per heavy atom. The molecule has 0 radical (unpaired) electrons. The molecule has 2 aliphatic rings. The van der Waals surface area contributed by atoms with Gasteiger partial charge in [-0.3, -0.25) is 4.79 Å². The lowest BCUT2D eigenvalue weighted by Crippen LogP contribution is -2.43. The Bertz CT molecular complexity index is 510. The summed E-state index contributed by atoms with van der Waals surface area (Å²) in [7, 11) is 0. The zero-order valence-electron chi connectivity index (χ0n) is 13.6. The molecule has 1 saturated heterocycles. The molecule has 3 rings (SSSR count). The standard InChI is InChI=1S/C17H27N3OS/c1-11-4-3-5-14(12(11)2)19-16(21)15-10-22-17(20-15)13-6-8-18-9-7-13/h10-14,18H,3-9H2,1-2H3,(H,19,21). The smallest absolute Gasteiger partial charge is 0.270 e. The summed E-state index contributed by atoms with van der Waals surface area (Å²) in [6.45, 7) is 6.67. The Morgan fingerprint density at radius 3 is 2.82 bits per heavy atom. The number of carbonyl (C=O) groups excluding carboxylic acids is 1. The van der Waals surface area contributed by atoms with E-state index in [2.05, 4.69) is 29.5 Å². The molecule has 4 nitrogen and oxygen atoms in total. The molecule has 122 valence electrons. The van der Waals surface area contributed by atoms with Crippen LogP contribution in [0.5, 0.6) is 0 Å². The Balaban J connectivity index is 1.61. The van der Waals surface area contributed by atoms with Gasteiger partial charge in [-0.15, -0.1) is 11.3 Å². The Hall–Kier alpha value is -0.940. The van der Waals surface area contributed by atoms with Crippen LogP contribution in [-0.2, 0) is 0 Å². The van der Waals surface area contributed by atoms with Crippen LogP contribution in [-0.4, -0.2) is 30.0 Å². The summed E-state index contributed by atoms with van der Waals surface area (Å²) < 4.78 is 0. The molecule has 2 heterocycles. The second kappa shape index (κ2) is 7.09. The second-order valence-electron chi connectivity index (χ2n) is 6.94. The number of hydrogen-bond acceptors (Lipinski definition) is 4. The highest BCUT2D eigenvalue weighted by atomic mass is 32.1. The molecule has 0 bridgehead atoms. The highest BCUT2D eigenvalue weighted by Gasteiger charge is 2.29. The zero-order valence-corrected chi connectivity index (χ0v) is 14.4. The molecule has 1 aliphatic carbocycles. The lowest BCUT2D eigenvalue weighted by molar-refractivity contribution is 0.0886. The predicted molar refractivity (Wildman–Crippen MR) is 90.4 cm³/mol. The van der Waals surface area contributed by atoms with Crippen LogP contribution in [0.4, 0.5) is 0 Å². The first-order valence-corrected chi connectivity index (χ1v) is 9.50. The Morgan fingerprint density at radius 2 is 2.05 bits per heavy atom. The van der Waals surface area contributed by atoms with Gasteiger partial charge in [-0.05, 0) is 44.2 Å². The van der Waals surface area contributed by atoms with E-state index < -0.39 is 0 Å². The average Bonchev–Trinajstić information content (AvgIpc) is 3.03. The monoisotopic (exact) mass is 321 g/mol. The molecule has 5 heteroatoms. The van der Waals surface area contributed by atoms with E-state index in [0.717, 1.165) is 37.4 Å². The number of nitrogens with zero attached hydrogens (tertiary/aromatic N) is 1. The molecule has 3 atom stereocenters. The summed E-state index contributed by atoms with van der Waals surface area (Å²) in [6, 6.07) is 0.306. The van der Waals surface area contributed by atoms with E-state index in [0.29, 0.717) is 29.5 Å². The van der Waals surface area contributed by atoms with Gasteiger partial charge >= 0.3 is 0 Å². The van der Waals surface area contributed by atoms with E-state index >= 15 is 0 Å². The first kappa shape index (κ1) is 15.9. The van der Waals surface area contributed by atoms with Gasteiger partial charge in [0.2, 0.25) is 0 Å². The van der Waals surface area contributed by atoms with Crippen LogP contribution < -0.4 is 10.6 Å². The summed E-state index contributed by atoms with van der Waals surface area (Å²) in [5.74, 6) is 1.80. The first-order valence-electron chi connectivity index (χ1n) is 8.62. The molecular weight excluding hydrogens is 294 g/mol. The highest BCUT2D eigenvalue weighted by Crippen LogP contribution is 2.30. The normalized spacial score (nSPS) is 30.2. The zero-order chi connectivity index (χ0) is 15.5. The van der Waals surface area contributed by atoms with Crippen molar-refractivity contribution in [1.82, 2.24) is 15.6 Å². The fraction of sp³-hybridized carbons (Fsp3) is 0.765. The Labute approximate surface area is 137 Å². The lowest BCUT2D eigenvalue weighted by Gasteiger charge is -2.34. The number of rotatable bonds is 3. The van der Waals surface area contributed by atoms with Crippen LogP contribution in [0.15, 0.2) is 5.38 Å². The van der Waals surface area contributed by atoms with Crippen LogP contribution in [0.1, 0.15) is 67.4 Å². The van der Waals surface area contributed by atoms with Gasteiger partial charge in [-0.1, -0.05) is 26.7 Å². The average molecular weight is 321 g/mol. The molecule has 2 fully saturated rings. The lowest BCUT2D eigenvalue weighted by atomic mass is 9.78. The summed E-state index contributed by atoms with van der Waals surface area (Å²) >= 11 is 1.65. The van der Waals surface area contributed by atoms with Crippen molar-refractivity contribution in [1.29, 1.82) is 0 Å². The third-order valence-electron chi connectivity index (χ3n) is 5.47. The molecule has 1 amide bonds. The van der Waals surface area contributed by atoms with Gasteiger partial charge in [0, 0.05) is 17.3 Å². The van der Waals surface area contributed by atoms with Crippen LogP contribution in [0, 0.1) is 11.8 Å². The van der Waals surface area contributed by atoms with E-state index in [1.165, 1.54) is 12.8 Å². The van der Waals surface area contributed by atoms with Crippen molar-refractivity contribution >= 4 is 17.2 Å². The maximum absolute atomic E-state index is 12.5. The fourth-order valence-electron chi connectivity index (χ4n) is 3.68. The van der Waals surface area contributed by atoms with Crippen molar-refractivity contribution in [3.63, 3.8) is 0 Å². The van der Waals surface area contributed by atoms with Gasteiger partial charge in [-0.2, -0.15) is 0 Å². The van der Waals surface area contributed by atoms with Crippen molar-refractivity contribution < 1.29 is 4.79 Å². The van der Waals surface area contributed by atoms with Crippen molar-refractivity contribution in [2.24, 2.45) is 11.8 Å². The molecule has 2 N–H and O–H groups in total. The molecule has 0 aromatic carbocycles. The van der Waals surface area contributed by atoms with Crippen molar-refractivity contribution in [2.75, 3.05) is 13.1 Å². The number of aromatic nitrogens is 1. The Kier molecular flexibility index (Phi) is 5.14. The maximum atomic E-state index is 12.5. The minimum atomic E-state index is 0.0161. The van der Waals surface area contributed by atoms with Gasteiger partial charge in [0.15, 0.2) is 0 Å². The number of thiazole rings is 1. The SMILES string of the molecule is CC1CCCC(NC(=O)c2csc(C3CCNCC3)n2)C1C. The van der Waals surface area contributed by atoms with Gasteiger partial charge in [0.1, 0.15) is 5.69 Å². The van der Waals surface area contributed by atoms with Crippen LogP contribution >= 0.6 is 11.3 Å². The first-order chi connectivity index (χ1) is 10.6. The van der Waals surface area contributed by atoms with Crippen molar-refractivity contribution in [2.45, 2.75) is 57.9 Å². The van der Waals surface area contributed by atoms with Gasteiger partial charge < -0.3 is 10.6 Å². The molecule has 1 aromatic heterocycles. The van der Waals surface area contributed by atoms with Crippen LogP contribution in [0.2, 0.25) is 0 Å². The summed E-state index contributed by atoms with van der Waals surface area (Å²) in [5, 5.41) is 9.67. The topological polar surface area (TPSA) is 54.0 Å². The molecule has 22 heavy (non-hydrogen) atoms. The second-order valence-corrected chi connectivity index (χ2v) is 7.83. The van der Waals surface area contributed by atoms with E-state index in [9.17, 15) is 4.79 Å². The molecule has 0 spiro atoms. The van der Waals surface area contributed by atoms with E-state index in [4.69, 9.17) is 0 Å². The third-order valence-corrected chi connectivity index (χ3v) is 6.47. The molecule has 1 saturated carbocycles. The summed E-state index contributed by atoms with van der Waals surface area (Å²) in [5.41, 5.74) is 0.615. The molecule has 3 unspecified atom stereocenters. The molecule has 1 aliphatic heterocycles. The highest BCUT2D eigenvalue weighted by molar-refractivity contribution is 7.09. The van der Waals surface area contributed by atoms with Gasteiger partial charge in [-0.25, -0.2) is 4.98 Å². The number of carbonyl (C=O) groups is 1. The minimum absolute atomic E-state index is 0.0161. The fourth-order valence-corrected chi connectivity index (χ4v) is 4.65. The molecular formula is C17H27N3OS. The minimum Gasteiger partial charge on any atom is -0.348 e. The number of amides is 1. The van der Waals surface area contributed by atoms with E-state index in [1.54, 1.807) is 11.3 Å². The predicted octanol–water partition coefficient (Wildman–Crippen LogP) is 3.16. The number of piperidine rings is 1. The van der Waals surface area contributed by atoms with Gasteiger partial charge in [0.05, 0.1) is 5.01 Å². The van der Waals surface area contributed by atoms with E-state index in [-0.39, 0.29) is 5.91 Å². The maximum Gasteiger partial charge on any atom is 0.270 e. The molecule has 1 aromatic rings. The van der Waals surface area contributed by atoms with Crippen molar-refractivity contribution in [3.05, 3.63) is 16.1 Å².